The molecule has 3 rings (SSSR count). The number of hydrogen-bond acceptors (Lipinski definition) is 6. The standard InChI is InChI=1S/C17H27N5O2/c1-4-12-8-19-17(20-9-12)22-10-13-7-14(15(11-22)24-13)16(23)18-5-6-21(2)3/h8-9,13-15H,4-7,10-11H2,1-3H3,(H,18,23). The number of nitrogens with zero attached hydrogens (tertiary/aromatic N) is 4. The lowest BCUT2D eigenvalue weighted by Crippen LogP contribution is -2.46. The van der Waals surface area contributed by atoms with Gasteiger partial charge < -0.3 is 19.9 Å². The van der Waals surface area contributed by atoms with E-state index in [2.05, 4.69) is 32.0 Å². The maximum Gasteiger partial charge on any atom is 0.225 e. The summed E-state index contributed by atoms with van der Waals surface area (Å²) >= 11 is 0. The fraction of sp³-hybridized carbons (Fsp3) is 0.706. The second-order valence-electron chi connectivity index (χ2n) is 6.88. The van der Waals surface area contributed by atoms with Crippen LogP contribution in [-0.4, -0.2) is 73.3 Å². The third-order valence-corrected chi connectivity index (χ3v) is 4.73. The third-order valence-electron chi connectivity index (χ3n) is 4.73. The average Bonchev–Trinajstić information content (AvgIpc) is 2.88. The molecule has 3 atom stereocenters. The minimum atomic E-state index is -0.0722. The summed E-state index contributed by atoms with van der Waals surface area (Å²) in [5, 5.41) is 3.03. The Morgan fingerprint density at radius 3 is 2.79 bits per heavy atom. The van der Waals surface area contributed by atoms with E-state index in [0.717, 1.165) is 37.4 Å². The van der Waals surface area contributed by atoms with Gasteiger partial charge in [-0.05, 0) is 32.5 Å². The van der Waals surface area contributed by atoms with E-state index in [9.17, 15) is 4.79 Å². The summed E-state index contributed by atoms with van der Waals surface area (Å²) in [5.74, 6) is 0.768. The Kier molecular flexibility index (Phi) is 5.30. The highest BCUT2D eigenvalue weighted by atomic mass is 16.5. The number of hydrogen-bond donors (Lipinski definition) is 1. The first-order valence-electron chi connectivity index (χ1n) is 8.70. The Hall–Kier alpha value is -1.73. The number of nitrogens with one attached hydrogen (secondary N) is 1. The molecule has 2 fully saturated rings. The molecule has 0 aliphatic carbocycles. The summed E-state index contributed by atoms with van der Waals surface area (Å²) in [4.78, 5) is 25.6. The van der Waals surface area contributed by atoms with E-state index in [1.54, 1.807) is 0 Å². The molecule has 7 heteroatoms. The maximum absolute atomic E-state index is 12.4. The van der Waals surface area contributed by atoms with Crippen LogP contribution in [0.4, 0.5) is 5.95 Å². The van der Waals surface area contributed by atoms with Crippen LogP contribution in [-0.2, 0) is 16.0 Å². The molecular weight excluding hydrogens is 306 g/mol. The Morgan fingerprint density at radius 1 is 1.38 bits per heavy atom. The van der Waals surface area contributed by atoms with Gasteiger partial charge in [0.25, 0.3) is 0 Å². The van der Waals surface area contributed by atoms with Crippen LogP contribution < -0.4 is 10.2 Å². The molecule has 1 aromatic rings. The molecule has 1 N–H and O–H groups in total. The summed E-state index contributed by atoms with van der Waals surface area (Å²) in [6, 6.07) is 0. The molecule has 1 amide bonds. The molecule has 1 aromatic heterocycles. The molecule has 0 radical (unpaired) electrons. The number of carbonyl (C=O) groups is 1. The van der Waals surface area contributed by atoms with E-state index in [4.69, 9.17) is 4.74 Å². The van der Waals surface area contributed by atoms with Gasteiger partial charge in [-0.15, -0.1) is 0 Å². The number of fused-ring (bicyclic) bond motifs is 2. The molecule has 3 unspecified atom stereocenters. The van der Waals surface area contributed by atoms with Crippen LogP contribution in [0.1, 0.15) is 18.9 Å². The summed E-state index contributed by atoms with van der Waals surface area (Å²) in [6.45, 7) is 5.03. The number of ether oxygens (including phenoxy) is 1. The van der Waals surface area contributed by atoms with Crippen LogP contribution in [0.2, 0.25) is 0 Å². The van der Waals surface area contributed by atoms with Crippen molar-refractivity contribution in [2.75, 3.05) is 45.2 Å². The first kappa shape index (κ1) is 17.1. The predicted molar refractivity (Wildman–Crippen MR) is 92.0 cm³/mol. The van der Waals surface area contributed by atoms with E-state index < -0.39 is 0 Å². The maximum atomic E-state index is 12.4. The molecule has 0 saturated carbocycles. The smallest absolute Gasteiger partial charge is 0.225 e. The molecular formula is C17H27N5O2. The lowest BCUT2D eigenvalue weighted by Gasteiger charge is -2.32. The van der Waals surface area contributed by atoms with Gasteiger partial charge in [-0.3, -0.25) is 4.79 Å². The lowest BCUT2D eigenvalue weighted by atomic mass is 9.99. The van der Waals surface area contributed by atoms with Gasteiger partial charge in [0, 0.05) is 38.6 Å². The second-order valence-corrected chi connectivity index (χ2v) is 6.88. The van der Waals surface area contributed by atoms with Crippen molar-refractivity contribution in [3.8, 4) is 0 Å². The van der Waals surface area contributed by atoms with E-state index in [1.807, 2.05) is 26.5 Å². The van der Waals surface area contributed by atoms with Crippen LogP contribution >= 0.6 is 0 Å². The molecule has 3 heterocycles. The van der Waals surface area contributed by atoms with Crippen LogP contribution in [0.5, 0.6) is 0 Å². The molecule has 24 heavy (non-hydrogen) atoms. The summed E-state index contributed by atoms with van der Waals surface area (Å²) in [6.07, 6.45) is 5.49. The minimum absolute atomic E-state index is 0.0717. The molecule has 132 valence electrons. The monoisotopic (exact) mass is 333 g/mol. The number of aryl methyl sites for hydroxylation is 1. The van der Waals surface area contributed by atoms with Crippen molar-refractivity contribution >= 4 is 11.9 Å². The zero-order valence-electron chi connectivity index (χ0n) is 14.7. The Labute approximate surface area is 143 Å². The highest BCUT2D eigenvalue weighted by Gasteiger charge is 2.45. The molecule has 0 aromatic carbocycles. The topological polar surface area (TPSA) is 70.6 Å². The number of likely N-dealkylation sites (N-methyl/N-ethyl adjacent to an activating group) is 1. The molecule has 2 aliphatic heterocycles. The van der Waals surface area contributed by atoms with Gasteiger partial charge in [0.05, 0.1) is 18.1 Å². The normalized spacial score (nSPS) is 26.0. The van der Waals surface area contributed by atoms with Gasteiger partial charge in [-0.25, -0.2) is 9.97 Å². The van der Waals surface area contributed by atoms with Crippen molar-refractivity contribution in [2.45, 2.75) is 32.0 Å². The van der Waals surface area contributed by atoms with Crippen molar-refractivity contribution in [2.24, 2.45) is 5.92 Å². The summed E-state index contributed by atoms with van der Waals surface area (Å²) in [5.41, 5.74) is 1.13. The minimum Gasteiger partial charge on any atom is -0.370 e. The first-order chi connectivity index (χ1) is 11.6. The van der Waals surface area contributed by atoms with Crippen LogP contribution in [0, 0.1) is 5.92 Å². The van der Waals surface area contributed by atoms with Crippen LogP contribution in [0.3, 0.4) is 0 Å². The van der Waals surface area contributed by atoms with Gasteiger partial charge in [-0.2, -0.15) is 0 Å². The van der Waals surface area contributed by atoms with E-state index in [-0.39, 0.29) is 24.0 Å². The number of aromatic nitrogens is 2. The van der Waals surface area contributed by atoms with Crippen molar-refractivity contribution in [1.82, 2.24) is 20.2 Å². The predicted octanol–water partition coefficient (Wildman–Crippen LogP) is 0.311. The fourth-order valence-corrected chi connectivity index (χ4v) is 3.32. The Balaban J connectivity index is 1.58. The van der Waals surface area contributed by atoms with Crippen molar-refractivity contribution in [3.05, 3.63) is 18.0 Å². The molecule has 2 bridgehead atoms. The van der Waals surface area contributed by atoms with Crippen molar-refractivity contribution in [1.29, 1.82) is 0 Å². The number of amides is 1. The van der Waals surface area contributed by atoms with Crippen LogP contribution in [0.15, 0.2) is 12.4 Å². The fourth-order valence-electron chi connectivity index (χ4n) is 3.32. The molecule has 2 aliphatic rings. The van der Waals surface area contributed by atoms with E-state index in [1.165, 1.54) is 0 Å². The van der Waals surface area contributed by atoms with Gasteiger partial charge >= 0.3 is 0 Å². The lowest BCUT2D eigenvalue weighted by molar-refractivity contribution is -0.126. The van der Waals surface area contributed by atoms with Gasteiger partial charge in [0.2, 0.25) is 11.9 Å². The average molecular weight is 333 g/mol. The van der Waals surface area contributed by atoms with Gasteiger partial charge in [0.1, 0.15) is 0 Å². The van der Waals surface area contributed by atoms with Crippen LogP contribution in [0.25, 0.3) is 0 Å². The number of anilines is 1. The number of rotatable bonds is 6. The Morgan fingerprint density at radius 2 is 2.12 bits per heavy atom. The molecule has 2 saturated heterocycles. The highest BCUT2D eigenvalue weighted by Crippen LogP contribution is 2.33. The van der Waals surface area contributed by atoms with E-state index in [0.29, 0.717) is 13.1 Å². The second kappa shape index (κ2) is 7.44. The quantitative estimate of drug-likeness (QED) is 0.808. The SMILES string of the molecule is CCc1cnc(N2CC3CC(C(=O)NCCN(C)C)C(C2)O3)nc1. The van der Waals surface area contributed by atoms with Crippen molar-refractivity contribution < 1.29 is 9.53 Å². The number of morpholine rings is 1. The molecule has 0 spiro atoms. The largest absolute Gasteiger partial charge is 0.370 e. The molecule has 7 nitrogen and oxygen atoms in total. The highest BCUT2D eigenvalue weighted by molar-refractivity contribution is 5.79. The van der Waals surface area contributed by atoms with Gasteiger partial charge in [-0.1, -0.05) is 6.92 Å². The number of carbonyl (C=O) groups excluding carboxylic acids is 1. The third kappa shape index (κ3) is 3.84. The van der Waals surface area contributed by atoms with Gasteiger partial charge in [0.15, 0.2) is 0 Å². The summed E-state index contributed by atoms with van der Waals surface area (Å²) in [7, 11) is 4.00. The van der Waals surface area contributed by atoms with Crippen molar-refractivity contribution in [3.63, 3.8) is 0 Å². The first-order valence-corrected chi connectivity index (χ1v) is 8.70. The van der Waals surface area contributed by atoms with E-state index >= 15 is 0 Å². The Bertz CT molecular complexity index is 563. The zero-order valence-corrected chi connectivity index (χ0v) is 14.7. The summed E-state index contributed by atoms with van der Waals surface area (Å²) < 4.78 is 5.99. The zero-order chi connectivity index (χ0) is 17.1.